The van der Waals surface area contributed by atoms with E-state index in [-0.39, 0.29) is 24.9 Å². The van der Waals surface area contributed by atoms with Crippen LogP contribution in [0.4, 0.5) is 0 Å². The van der Waals surface area contributed by atoms with Crippen molar-refractivity contribution >= 4 is 11.9 Å². The molecule has 6 heteroatoms. The molecule has 0 aliphatic rings. The molecule has 58 heavy (non-hydrogen) atoms. The van der Waals surface area contributed by atoms with Crippen LogP contribution in [0.25, 0.3) is 0 Å². The topological polar surface area (TPSA) is 95.9 Å². The molecule has 334 valence electrons. The highest BCUT2D eigenvalue weighted by Crippen LogP contribution is 2.16. The van der Waals surface area contributed by atoms with E-state index in [1.54, 1.807) is 0 Å². The van der Waals surface area contributed by atoms with Crippen LogP contribution in [0.5, 0.6) is 0 Å². The molecule has 0 aliphatic heterocycles. The number of allylic oxidation sites excluding steroid dienone is 12. The van der Waals surface area contributed by atoms with Crippen molar-refractivity contribution in [2.45, 2.75) is 238 Å². The van der Waals surface area contributed by atoms with Crippen LogP contribution >= 0.6 is 0 Å². The smallest absolute Gasteiger partial charge is 0.306 e. The molecule has 0 heterocycles. The summed E-state index contributed by atoms with van der Waals surface area (Å²) in [5, 5.41) is 23.6. The van der Waals surface area contributed by atoms with Crippen LogP contribution in [-0.4, -0.2) is 46.9 Å². The van der Waals surface area contributed by atoms with Gasteiger partial charge in [0, 0.05) is 6.42 Å². The summed E-state index contributed by atoms with van der Waals surface area (Å²) < 4.78 is 5.86. The molecule has 0 saturated heterocycles. The van der Waals surface area contributed by atoms with Gasteiger partial charge >= 0.3 is 5.97 Å². The minimum absolute atomic E-state index is 0.0314. The minimum atomic E-state index is -0.804. The lowest BCUT2D eigenvalue weighted by Crippen LogP contribution is -2.46. The minimum Gasteiger partial charge on any atom is -0.462 e. The lowest BCUT2D eigenvalue weighted by Gasteiger charge is -2.24. The number of rotatable bonds is 42. The number of aliphatic hydroxyl groups excluding tert-OH is 2. The summed E-state index contributed by atoms with van der Waals surface area (Å²) in [7, 11) is 0. The molecule has 0 aromatic heterocycles. The van der Waals surface area contributed by atoms with Crippen LogP contribution in [0.2, 0.25) is 0 Å². The Morgan fingerprint density at radius 1 is 0.517 bits per heavy atom. The zero-order chi connectivity index (χ0) is 42.4. The number of amides is 1. The van der Waals surface area contributed by atoms with Crippen LogP contribution in [-0.2, 0) is 14.3 Å². The molecule has 0 aromatic rings. The third kappa shape index (κ3) is 40.1. The van der Waals surface area contributed by atoms with E-state index in [4.69, 9.17) is 4.74 Å². The molecule has 0 radical (unpaired) electrons. The molecule has 6 nitrogen and oxygen atoms in total. The summed E-state index contributed by atoms with van der Waals surface area (Å²) in [6.45, 7) is 6.32. The Balaban J connectivity index is 4.69. The number of nitrogens with one attached hydrogen (secondary N) is 1. The number of esters is 1. The van der Waals surface area contributed by atoms with Crippen molar-refractivity contribution < 1.29 is 24.5 Å². The molecule has 0 aliphatic carbocycles. The van der Waals surface area contributed by atoms with Gasteiger partial charge in [-0.3, -0.25) is 9.59 Å². The van der Waals surface area contributed by atoms with Crippen LogP contribution in [0, 0.1) is 0 Å². The Morgan fingerprint density at radius 3 is 1.47 bits per heavy atom. The van der Waals surface area contributed by atoms with Crippen molar-refractivity contribution in [3.8, 4) is 0 Å². The fraction of sp³-hybridized carbons (Fsp3) is 0.731. The highest BCUT2D eigenvalue weighted by Gasteiger charge is 2.24. The van der Waals surface area contributed by atoms with E-state index < -0.39 is 18.2 Å². The molecule has 0 rings (SSSR count). The first-order chi connectivity index (χ1) is 28.5. The van der Waals surface area contributed by atoms with Crippen LogP contribution < -0.4 is 5.32 Å². The highest BCUT2D eigenvalue weighted by atomic mass is 16.5. The summed E-state index contributed by atoms with van der Waals surface area (Å²) in [5.41, 5.74) is 0. The summed E-state index contributed by atoms with van der Waals surface area (Å²) >= 11 is 0. The standard InChI is InChI=1S/C52H91NO5/c1-4-7-10-13-16-19-22-23-24-25-26-27-30-33-36-39-42-45-52(57)58-48(43-40-37-34-31-28-20-17-14-11-8-5-2)46-51(56)53-49(47-54)50(55)44-41-38-35-32-29-21-18-15-12-9-6-3/h7,10,16,19,23-24,26-27,31,33-34,36,48-50,54-55H,4-6,8-9,11-15,17-18,20-22,25,28-30,32,35,37-47H2,1-3H3,(H,53,56)/b10-7-,19-16-,24-23-,27-26-,34-31-,36-33-. The maximum absolute atomic E-state index is 13.1. The van der Waals surface area contributed by atoms with Gasteiger partial charge in [0.05, 0.1) is 25.2 Å². The third-order valence-corrected chi connectivity index (χ3v) is 10.5. The Bertz CT molecular complexity index is 1090. The second-order valence-corrected chi connectivity index (χ2v) is 16.1. The summed E-state index contributed by atoms with van der Waals surface area (Å²) in [6.07, 6.45) is 56.8. The number of carbonyl (C=O) groups is 2. The fourth-order valence-corrected chi connectivity index (χ4v) is 6.88. The molecule has 3 N–H and O–H groups in total. The Kier molecular flexibility index (Phi) is 43.3. The average molecular weight is 810 g/mol. The zero-order valence-electron chi connectivity index (χ0n) is 37.9. The van der Waals surface area contributed by atoms with Gasteiger partial charge in [-0.1, -0.05) is 196 Å². The molecular formula is C52H91NO5. The monoisotopic (exact) mass is 810 g/mol. The van der Waals surface area contributed by atoms with Crippen molar-refractivity contribution in [2.24, 2.45) is 0 Å². The van der Waals surface area contributed by atoms with Crippen LogP contribution in [0.15, 0.2) is 72.9 Å². The van der Waals surface area contributed by atoms with Crippen molar-refractivity contribution in [3.63, 3.8) is 0 Å². The molecular weight excluding hydrogens is 719 g/mol. The quantitative estimate of drug-likeness (QED) is 0.0324. The molecule has 0 spiro atoms. The zero-order valence-corrected chi connectivity index (χ0v) is 37.9. The van der Waals surface area contributed by atoms with Gasteiger partial charge < -0.3 is 20.3 Å². The first kappa shape index (κ1) is 55.3. The normalized spacial score (nSPS) is 13.9. The Hall–Kier alpha value is -2.70. The first-order valence-corrected chi connectivity index (χ1v) is 24.2. The lowest BCUT2D eigenvalue weighted by atomic mass is 10.0. The second kappa shape index (κ2) is 45.4. The van der Waals surface area contributed by atoms with Gasteiger partial charge in [-0.25, -0.2) is 0 Å². The van der Waals surface area contributed by atoms with Gasteiger partial charge in [0.25, 0.3) is 0 Å². The van der Waals surface area contributed by atoms with Gasteiger partial charge in [-0.05, 0) is 83.5 Å². The maximum atomic E-state index is 13.1. The SMILES string of the molecule is CC/C=C\C/C=C\C/C=C\C/C=C\C/C=C\CCCC(=O)OC(CCC/C=C\CCCCCCCC)CC(=O)NC(CO)C(O)CCCCCCCCCCCCC. The van der Waals surface area contributed by atoms with E-state index in [2.05, 4.69) is 99.0 Å². The van der Waals surface area contributed by atoms with Gasteiger partial charge in [-0.2, -0.15) is 0 Å². The van der Waals surface area contributed by atoms with Gasteiger partial charge in [0.1, 0.15) is 6.10 Å². The van der Waals surface area contributed by atoms with Crippen LogP contribution in [0.1, 0.15) is 220 Å². The number of hydrogen-bond acceptors (Lipinski definition) is 5. The van der Waals surface area contributed by atoms with Gasteiger partial charge in [-0.15, -0.1) is 0 Å². The largest absolute Gasteiger partial charge is 0.462 e. The predicted molar refractivity (Wildman–Crippen MR) is 250 cm³/mol. The number of hydrogen-bond donors (Lipinski definition) is 3. The third-order valence-electron chi connectivity index (χ3n) is 10.5. The number of ether oxygens (including phenoxy) is 1. The Morgan fingerprint density at radius 2 is 0.948 bits per heavy atom. The molecule has 0 aromatic carbocycles. The first-order valence-electron chi connectivity index (χ1n) is 24.2. The highest BCUT2D eigenvalue weighted by molar-refractivity contribution is 5.77. The molecule has 0 saturated carbocycles. The van der Waals surface area contributed by atoms with E-state index in [0.29, 0.717) is 25.7 Å². The fourth-order valence-electron chi connectivity index (χ4n) is 6.88. The molecule has 3 unspecified atom stereocenters. The van der Waals surface area contributed by atoms with Crippen molar-refractivity contribution in [3.05, 3.63) is 72.9 Å². The predicted octanol–water partition coefficient (Wildman–Crippen LogP) is 14.2. The van der Waals surface area contributed by atoms with E-state index in [1.165, 1.54) is 89.9 Å². The average Bonchev–Trinajstić information content (AvgIpc) is 3.22. The summed E-state index contributed by atoms with van der Waals surface area (Å²) in [5.74, 6) is -0.578. The van der Waals surface area contributed by atoms with E-state index in [0.717, 1.165) is 77.0 Å². The van der Waals surface area contributed by atoms with Crippen LogP contribution in [0.3, 0.4) is 0 Å². The summed E-state index contributed by atoms with van der Waals surface area (Å²) in [6, 6.07) is -0.722. The van der Waals surface area contributed by atoms with Gasteiger partial charge in [0.15, 0.2) is 0 Å². The van der Waals surface area contributed by atoms with Crippen molar-refractivity contribution in [2.75, 3.05) is 6.61 Å². The molecule has 0 bridgehead atoms. The van der Waals surface area contributed by atoms with Crippen molar-refractivity contribution in [1.29, 1.82) is 0 Å². The van der Waals surface area contributed by atoms with Gasteiger partial charge in [0.2, 0.25) is 5.91 Å². The molecule has 3 atom stereocenters. The molecule has 0 fully saturated rings. The van der Waals surface area contributed by atoms with E-state index >= 15 is 0 Å². The summed E-state index contributed by atoms with van der Waals surface area (Å²) in [4.78, 5) is 26.0. The molecule has 1 amide bonds. The van der Waals surface area contributed by atoms with Crippen molar-refractivity contribution in [1.82, 2.24) is 5.32 Å². The van der Waals surface area contributed by atoms with E-state index in [9.17, 15) is 19.8 Å². The number of aliphatic hydroxyl groups is 2. The maximum Gasteiger partial charge on any atom is 0.306 e. The van der Waals surface area contributed by atoms with E-state index in [1.807, 2.05) is 0 Å². The number of carbonyl (C=O) groups excluding carboxylic acids is 2. The number of unbranched alkanes of at least 4 members (excludes halogenated alkanes) is 18. The Labute approximate surface area is 358 Å². The lowest BCUT2D eigenvalue weighted by molar-refractivity contribution is -0.151. The second-order valence-electron chi connectivity index (χ2n) is 16.1.